The van der Waals surface area contributed by atoms with Gasteiger partial charge in [-0.25, -0.2) is 9.48 Å². The average Bonchev–Trinajstić information content (AvgIpc) is 2.59. The molecule has 1 aromatic heterocycles. The van der Waals surface area contributed by atoms with Crippen LogP contribution in [0, 0.1) is 17.0 Å². The van der Waals surface area contributed by atoms with E-state index in [1.807, 2.05) is 6.92 Å². The zero-order valence-corrected chi connectivity index (χ0v) is 14.1. The number of hydrogen-bond donors (Lipinski definition) is 0. The summed E-state index contributed by atoms with van der Waals surface area (Å²) in [5.41, 5.74) is 0.709. The highest BCUT2D eigenvalue weighted by molar-refractivity contribution is 5.86. The van der Waals surface area contributed by atoms with Crippen LogP contribution >= 0.6 is 0 Å². The molecule has 1 heterocycles. The van der Waals surface area contributed by atoms with Gasteiger partial charge in [0.05, 0.1) is 4.92 Å². The van der Waals surface area contributed by atoms with Gasteiger partial charge in [-0.1, -0.05) is 25.5 Å². The van der Waals surface area contributed by atoms with Crippen molar-refractivity contribution in [1.29, 1.82) is 0 Å². The number of carbonyl (C=O) groups excluding carboxylic acids is 1. The van der Waals surface area contributed by atoms with Crippen LogP contribution in [0.3, 0.4) is 0 Å². The Kier molecular flexibility index (Phi) is 5.99. The van der Waals surface area contributed by atoms with E-state index < -0.39 is 10.9 Å². The lowest BCUT2D eigenvalue weighted by Gasteiger charge is -2.09. The van der Waals surface area contributed by atoms with Crippen molar-refractivity contribution in [3.05, 3.63) is 67.6 Å². The fraction of sp³-hybridized carbons (Fsp3) is 0.353. The average molecular weight is 345 g/mol. The number of rotatable bonds is 7. The van der Waals surface area contributed by atoms with Gasteiger partial charge in [-0.3, -0.25) is 14.9 Å². The monoisotopic (exact) mass is 345 g/mol. The molecule has 0 atom stereocenters. The van der Waals surface area contributed by atoms with Crippen LogP contribution in [-0.4, -0.2) is 20.7 Å². The summed E-state index contributed by atoms with van der Waals surface area (Å²) in [7, 11) is 0. The van der Waals surface area contributed by atoms with E-state index in [0.29, 0.717) is 17.7 Å². The van der Waals surface area contributed by atoms with E-state index in [2.05, 4.69) is 5.10 Å². The summed E-state index contributed by atoms with van der Waals surface area (Å²) in [6, 6.07) is 7.18. The molecule has 8 heteroatoms. The first-order chi connectivity index (χ1) is 11.9. The third kappa shape index (κ3) is 4.50. The molecule has 132 valence electrons. The number of carbonyl (C=O) groups is 1. The number of unbranched alkanes of at least 4 members (excludes halogenated alkanes) is 1. The molecule has 25 heavy (non-hydrogen) atoms. The maximum absolute atomic E-state index is 12.2. The second kappa shape index (κ2) is 8.18. The Hall–Kier alpha value is -3.03. The lowest BCUT2D eigenvalue weighted by atomic mass is 10.1. The van der Waals surface area contributed by atoms with Gasteiger partial charge < -0.3 is 4.74 Å². The van der Waals surface area contributed by atoms with Gasteiger partial charge in [0, 0.05) is 24.2 Å². The van der Waals surface area contributed by atoms with Crippen LogP contribution in [-0.2, 0) is 17.9 Å². The molecule has 2 aromatic rings. The molecule has 0 spiro atoms. The largest absolute Gasteiger partial charge is 0.456 e. The summed E-state index contributed by atoms with van der Waals surface area (Å²) in [6.45, 7) is 3.91. The third-order valence-corrected chi connectivity index (χ3v) is 3.77. The minimum absolute atomic E-state index is 0.0267. The Labute approximate surface area is 144 Å². The normalized spacial score (nSPS) is 10.5. The maximum Gasteiger partial charge on any atom is 0.359 e. The molecular weight excluding hydrogens is 326 g/mol. The molecule has 2 rings (SSSR count). The smallest absolute Gasteiger partial charge is 0.359 e. The zero-order valence-electron chi connectivity index (χ0n) is 14.1. The van der Waals surface area contributed by atoms with Gasteiger partial charge in [0.15, 0.2) is 5.69 Å². The van der Waals surface area contributed by atoms with Gasteiger partial charge in [-0.05, 0) is 25.0 Å². The van der Waals surface area contributed by atoms with Gasteiger partial charge in [0.2, 0.25) is 0 Å². The molecule has 1 aromatic carbocycles. The van der Waals surface area contributed by atoms with Crippen LogP contribution in [0.25, 0.3) is 0 Å². The van der Waals surface area contributed by atoms with E-state index in [1.54, 1.807) is 13.0 Å². The first kappa shape index (κ1) is 18.3. The number of aromatic nitrogens is 2. The molecule has 0 saturated carbocycles. The summed E-state index contributed by atoms with van der Waals surface area (Å²) in [5, 5.41) is 15.0. The first-order valence-corrected chi connectivity index (χ1v) is 7.92. The molecule has 8 nitrogen and oxygen atoms in total. The SMILES string of the molecule is CCCCn1nc(C(=O)OCc2cccc([N+](=O)[O-])c2C)ccc1=O. The molecule has 0 amide bonds. The van der Waals surface area contributed by atoms with Crippen LogP contribution in [0.1, 0.15) is 41.4 Å². The van der Waals surface area contributed by atoms with E-state index in [0.717, 1.165) is 12.8 Å². The molecular formula is C17H19N3O5. The Morgan fingerprint density at radius 3 is 2.76 bits per heavy atom. The Balaban J connectivity index is 2.12. The molecule has 0 radical (unpaired) electrons. The number of nitro groups is 1. The van der Waals surface area contributed by atoms with Crippen LogP contribution in [0.2, 0.25) is 0 Å². The second-order valence-corrected chi connectivity index (χ2v) is 5.53. The topological polar surface area (TPSA) is 104 Å². The van der Waals surface area contributed by atoms with Crippen molar-refractivity contribution >= 4 is 11.7 Å². The molecule has 0 N–H and O–H groups in total. The predicted octanol–water partition coefficient (Wildman–Crippen LogP) is 2.62. The standard InChI is InChI=1S/C17H19N3O5/c1-3-4-10-19-16(21)9-8-14(18-19)17(22)25-11-13-6-5-7-15(12(13)2)20(23)24/h5-9H,3-4,10-11H2,1-2H3. The number of esters is 1. The summed E-state index contributed by atoms with van der Waals surface area (Å²) >= 11 is 0. The third-order valence-electron chi connectivity index (χ3n) is 3.77. The molecule has 0 saturated heterocycles. The first-order valence-electron chi connectivity index (χ1n) is 7.92. The molecule has 0 aliphatic carbocycles. The van der Waals surface area contributed by atoms with Crippen molar-refractivity contribution in [3.8, 4) is 0 Å². The van der Waals surface area contributed by atoms with E-state index >= 15 is 0 Å². The molecule has 0 bridgehead atoms. The van der Waals surface area contributed by atoms with Crippen molar-refractivity contribution in [3.63, 3.8) is 0 Å². The van der Waals surface area contributed by atoms with Gasteiger partial charge in [0.1, 0.15) is 6.61 Å². The molecule has 0 aliphatic rings. The van der Waals surface area contributed by atoms with Gasteiger partial charge in [-0.2, -0.15) is 5.10 Å². The number of hydrogen-bond acceptors (Lipinski definition) is 6. The molecule has 0 unspecified atom stereocenters. The summed E-state index contributed by atoms with van der Waals surface area (Å²) in [4.78, 5) is 34.3. The molecule has 0 aliphatic heterocycles. The van der Waals surface area contributed by atoms with Crippen LogP contribution in [0.15, 0.2) is 35.1 Å². The van der Waals surface area contributed by atoms with E-state index in [-0.39, 0.29) is 23.5 Å². The highest BCUT2D eigenvalue weighted by Crippen LogP contribution is 2.21. The van der Waals surface area contributed by atoms with Gasteiger partial charge in [0.25, 0.3) is 11.2 Å². The van der Waals surface area contributed by atoms with Gasteiger partial charge in [-0.15, -0.1) is 0 Å². The lowest BCUT2D eigenvalue weighted by molar-refractivity contribution is -0.385. The summed E-state index contributed by atoms with van der Waals surface area (Å²) in [6.07, 6.45) is 1.67. The Morgan fingerprint density at radius 1 is 1.32 bits per heavy atom. The number of benzene rings is 1. The zero-order chi connectivity index (χ0) is 18.4. The second-order valence-electron chi connectivity index (χ2n) is 5.53. The summed E-state index contributed by atoms with van der Waals surface area (Å²) < 4.78 is 6.42. The number of nitrogens with zero attached hydrogens (tertiary/aromatic N) is 3. The summed E-state index contributed by atoms with van der Waals surface area (Å²) in [5.74, 6) is -0.684. The lowest BCUT2D eigenvalue weighted by Crippen LogP contribution is -2.25. The number of nitro benzene ring substituents is 1. The van der Waals surface area contributed by atoms with Crippen LogP contribution < -0.4 is 5.56 Å². The van der Waals surface area contributed by atoms with Crippen LogP contribution in [0.5, 0.6) is 0 Å². The van der Waals surface area contributed by atoms with Crippen LogP contribution in [0.4, 0.5) is 5.69 Å². The van der Waals surface area contributed by atoms with Crippen molar-refractivity contribution in [2.24, 2.45) is 0 Å². The van der Waals surface area contributed by atoms with E-state index in [9.17, 15) is 19.7 Å². The minimum atomic E-state index is -0.684. The van der Waals surface area contributed by atoms with Crippen molar-refractivity contribution in [1.82, 2.24) is 9.78 Å². The highest BCUT2D eigenvalue weighted by atomic mass is 16.6. The number of ether oxygens (including phenoxy) is 1. The minimum Gasteiger partial charge on any atom is -0.456 e. The van der Waals surface area contributed by atoms with Crippen molar-refractivity contribution in [2.75, 3.05) is 0 Å². The quantitative estimate of drug-likeness (QED) is 0.434. The van der Waals surface area contributed by atoms with Crippen molar-refractivity contribution < 1.29 is 14.5 Å². The number of aryl methyl sites for hydroxylation is 1. The predicted molar refractivity (Wildman–Crippen MR) is 90.4 cm³/mol. The fourth-order valence-corrected chi connectivity index (χ4v) is 2.27. The highest BCUT2D eigenvalue weighted by Gasteiger charge is 2.16. The Bertz CT molecular complexity index is 844. The van der Waals surface area contributed by atoms with E-state index in [4.69, 9.17) is 4.74 Å². The fourth-order valence-electron chi connectivity index (χ4n) is 2.27. The molecule has 0 fully saturated rings. The van der Waals surface area contributed by atoms with Crippen molar-refractivity contribution in [2.45, 2.75) is 39.8 Å². The van der Waals surface area contributed by atoms with E-state index in [1.165, 1.54) is 28.9 Å². The Morgan fingerprint density at radius 2 is 2.08 bits per heavy atom. The maximum atomic E-state index is 12.2. The van der Waals surface area contributed by atoms with Gasteiger partial charge >= 0.3 is 5.97 Å².